The van der Waals surface area contributed by atoms with Gasteiger partial charge in [-0.15, -0.1) is 0 Å². The second-order valence-electron chi connectivity index (χ2n) is 9.55. The first kappa shape index (κ1) is 25.7. The van der Waals surface area contributed by atoms with Crippen LogP contribution in [0.1, 0.15) is 68.7 Å². The Morgan fingerprint density at radius 2 is 1.42 bits per heavy atom. The average molecular weight is 489 g/mol. The summed E-state index contributed by atoms with van der Waals surface area (Å²) in [6.07, 6.45) is 7.15. The fourth-order valence-electron chi connectivity index (χ4n) is 5.02. The topological polar surface area (TPSA) is 41.6 Å². The van der Waals surface area contributed by atoms with Gasteiger partial charge in [-0.1, -0.05) is 57.9 Å². The van der Waals surface area contributed by atoms with E-state index in [4.69, 9.17) is 4.74 Å². The highest BCUT2D eigenvalue weighted by molar-refractivity contribution is 5.91. The zero-order chi connectivity index (χ0) is 25.5. The highest BCUT2D eigenvalue weighted by atomic mass is 19.1. The fraction of sp³-hybridized carbons (Fsp3) is 0.387. The Morgan fingerprint density at radius 3 is 1.94 bits per heavy atom. The molecule has 1 fully saturated rings. The maximum Gasteiger partial charge on any atom is 0.322 e. The molecule has 1 aliphatic carbocycles. The van der Waals surface area contributed by atoms with E-state index in [0.717, 1.165) is 56.2 Å². The van der Waals surface area contributed by atoms with Crippen molar-refractivity contribution in [2.24, 2.45) is 0 Å². The van der Waals surface area contributed by atoms with Gasteiger partial charge in [0.05, 0.1) is 0 Å². The first-order chi connectivity index (χ1) is 17.5. The van der Waals surface area contributed by atoms with Crippen LogP contribution in [-0.4, -0.2) is 17.0 Å². The van der Waals surface area contributed by atoms with Crippen molar-refractivity contribution in [1.29, 1.82) is 0 Å². The minimum atomic E-state index is -0.290. The summed E-state index contributed by atoms with van der Waals surface area (Å²) in [7, 11) is 0. The molecule has 190 valence electrons. The van der Waals surface area contributed by atoms with Crippen molar-refractivity contribution < 1.29 is 13.9 Å². The van der Waals surface area contributed by atoms with Crippen LogP contribution < -0.4 is 10.1 Å². The van der Waals surface area contributed by atoms with Crippen LogP contribution in [0.2, 0.25) is 0 Å². The van der Waals surface area contributed by atoms with Crippen molar-refractivity contribution in [3.63, 3.8) is 0 Å². The van der Waals surface area contributed by atoms with E-state index < -0.39 is 0 Å². The van der Waals surface area contributed by atoms with E-state index in [1.54, 1.807) is 12.1 Å². The normalized spacial score (nSPS) is 13.6. The number of rotatable bonds is 9. The monoisotopic (exact) mass is 488 g/mol. The van der Waals surface area contributed by atoms with Crippen molar-refractivity contribution in [1.82, 2.24) is 4.90 Å². The molecule has 3 aromatic rings. The zero-order valence-corrected chi connectivity index (χ0v) is 21.6. The lowest BCUT2D eigenvalue weighted by Crippen LogP contribution is -2.41. The quantitative estimate of drug-likeness (QED) is 0.329. The van der Waals surface area contributed by atoms with Crippen LogP contribution in [-0.2, 0) is 25.8 Å². The number of ether oxygens (including phenoxy) is 1. The highest BCUT2D eigenvalue weighted by Gasteiger charge is 2.28. The van der Waals surface area contributed by atoms with Crippen LogP contribution in [0.4, 0.5) is 14.9 Å². The number of hydrogen-bond acceptors (Lipinski definition) is 2. The van der Waals surface area contributed by atoms with E-state index in [1.165, 1.54) is 28.8 Å². The Morgan fingerprint density at radius 1 is 0.861 bits per heavy atom. The molecule has 0 radical (unpaired) electrons. The molecular formula is C31H37FN2O2. The SMILES string of the molecule is CCc1cc(CC)c(NC(=O)N(Cc2ccc(Oc3ccc(F)cc3)cc2)C2CCCC2)c(CC)c1. The van der Waals surface area contributed by atoms with Crippen LogP contribution in [0, 0.1) is 5.82 Å². The molecule has 1 N–H and O–H groups in total. The molecule has 3 aromatic carbocycles. The Hall–Kier alpha value is -3.34. The second kappa shape index (κ2) is 12.1. The van der Waals surface area contributed by atoms with Crippen LogP contribution in [0.5, 0.6) is 11.5 Å². The predicted molar refractivity (Wildman–Crippen MR) is 144 cm³/mol. The summed E-state index contributed by atoms with van der Waals surface area (Å²) < 4.78 is 19.0. The number of halogens is 1. The van der Waals surface area contributed by atoms with Crippen molar-refractivity contribution in [2.75, 3.05) is 5.32 Å². The number of amides is 2. The van der Waals surface area contributed by atoms with Gasteiger partial charge in [0.15, 0.2) is 0 Å². The van der Waals surface area contributed by atoms with E-state index in [9.17, 15) is 9.18 Å². The van der Waals surface area contributed by atoms with Gasteiger partial charge in [-0.25, -0.2) is 9.18 Å². The lowest BCUT2D eigenvalue weighted by molar-refractivity contribution is 0.184. The van der Waals surface area contributed by atoms with E-state index in [2.05, 4.69) is 38.2 Å². The third-order valence-corrected chi connectivity index (χ3v) is 7.12. The van der Waals surface area contributed by atoms with Crippen LogP contribution in [0.25, 0.3) is 0 Å². The molecule has 0 aliphatic heterocycles. The van der Waals surface area contributed by atoms with Crippen molar-refractivity contribution in [2.45, 2.75) is 78.3 Å². The third-order valence-electron chi connectivity index (χ3n) is 7.12. The molecule has 5 heteroatoms. The van der Waals surface area contributed by atoms with Crippen molar-refractivity contribution in [3.8, 4) is 11.5 Å². The van der Waals surface area contributed by atoms with Gasteiger partial charge in [-0.2, -0.15) is 0 Å². The first-order valence-corrected chi connectivity index (χ1v) is 13.2. The molecule has 0 atom stereocenters. The Bertz CT molecular complexity index is 1130. The smallest absolute Gasteiger partial charge is 0.322 e. The van der Waals surface area contributed by atoms with Gasteiger partial charge in [-0.3, -0.25) is 0 Å². The molecule has 4 rings (SSSR count). The summed E-state index contributed by atoms with van der Waals surface area (Å²) in [6, 6.07) is 18.5. The largest absolute Gasteiger partial charge is 0.457 e. The number of carbonyl (C=O) groups excluding carboxylic acids is 1. The zero-order valence-electron chi connectivity index (χ0n) is 21.6. The van der Waals surface area contributed by atoms with E-state index >= 15 is 0 Å². The van der Waals surface area contributed by atoms with E-state index in [0.29, 0.717) is 18.0 Å². The number of carbonyl (C=O) groups is 1. The number of benzene rings is 3. The number of anilines is 1. The molecule has 0 unspecified atom stereocenters. The minimum Gasteiger partial charge on any atom is -0.457 e. The van der Waals surface area contributed by atoms with Crippen molar-refractivity contribution >= 4 is 11.7 Å². The average Bonchev–Trinajstić information content (AvgIpc) is 3.44. The van der Waals surface area contributed by atoms with Gasteiger partial charge in [-0.05, 0) is 90.8 Å². The number of urea groups is 1. The molecule has 0 bridgehead atoms. The molecule has 0 saturated heterocycles. The maximum atomic E-state index is 13.7. The molecular weight excluding hydrogens is 451 g/mol. The van der Waals surface area contributed by atoms with Gasteiger partial charge < -0.3 is 15.0 Å². The lowest BCUT2D eigenvalue weighted by Gasteiger charge is -2.30. The number of nitrogens with zero attached hydrogens (tertiary/aromatic N) is 1. The molecule has 4 nitrogen and oxygen atoms in total. The predicted octanol–water partition coefficient (Wildman–Crippen LogP) is 8.28. The minimum absolute atomic E-state index is 0.0258. The summed E-state index contributed by atoms with van der Waals surface area (Å²) in [5.74, 6) is 0.975. The van der Waals surface area contributed by atoms with E-state index in [1.807, 2.05) is 29.2 Å². The molecule has 0 heterocycles. The number of nitrogens with one attached hydrogen (secondary N) is 1. The third kappa shape index (κ3) is 6.26. The molecule has 2 amide bonds. The molecule has 0 spiro atoms. The van der Waals surface area contributed by atoms with Crippen LogP contribution >= 0.6 is 0 Å². The standard InChI is InChI=1S/C31H37FN2O2/c1-4-22-19-24(5-2)30(25(6-3)20-22)33-31(35)34(27-9-7-8-10-27)21-23-11-15-28(16-12-23)36-29-17-13-26(32)14-18-29/h11-20,27H,4-10,21H2,1-3H3,(H,33,35). The summed E-state index contributed by atoms with van der Waals surface area (Å²) in [6.45, 7) is 7.01. The first-order valence-electron chi connectivity index (χ1n) is 13.2. The Kier molecular flexibility index (Phi) is 8.63. The summed E-state index contributed by atoms with van der Waals surface area (Å²) in [5, 5.41) is 3.31. The molecule has 1 saturated carbocycles. The van der Waals surface area contributed by atoms with Gasteiger partial charge in [0.1, 0.15) is 17.3 Å². The lowest BCUT2D eigenvalue weighted by atomic mass is 9.98. The molecule has 1 aliphatic rings. The summed E-state index contributed by atoms with van der Waals surface area (Å²) >= 11 is 0. The van der Waals surface area contributed by atoms with Gasteiger partial charge in [0.25, 0.3) is 0 Å². The number of aryl methyl sites for hydroxylation is 3. The van der Waals surface area contributed by atoms with Crippen molar-refractivity contribution in [3.05, 3.63) is 88.7 Å². The molecule has 0 aromatic heterocycles. The Balaban J connectivity index is 1.52. The fourth-order valence-corrected chi connectivity index (χ4v) is 5.02. The van der Waals surface area contributed by atoms with Crippen LogP contribution in [0.3, 0.4) is 0 Å². The second-order valence-corrected chi connectivity index (χ2v) is 9.55. The summed E-state index contributed by atoms with van der Waals surface area (Å²) in [5.41, 5.74) is 5.75. The van der Waals surface area contributed by atoms with E-state index in [-0.39, 0.29) is 17.9 Å². The van der Waals surface area contributed by atoms with Crippen LogP contribution in [0.15, 0.2) is 60.7 Å². The summed E-state index contributed by atoms with van der Waals surface area (Å²) in [4.78, 5) is 15.7. The van der Waals surface area contributed by atoms with Gasteiger partial charge >= 0.3 is 6.03 Å². The maximum absolute atomic E-state index is 13.7. The highest BCUT2D eigenvalue weighted by Crippen LogP contribution is 2.30. The van der Waals surface area contributed by atoms with Gasteiger partial charge in [0, 0.05) is 18.3 Å². The van der Waals surface area contributed by atoms with Gasteiger partial charge in [0.2, 0.25) is 0 Å². The number of hydrogen-bond donors (Lipinski definition) is 1. The Labute approximate surface area is 214 Å². The molecule has 36 heavy (non-hydrogen) atoms.